The largest absolute Gasteiger partial charge is 0.264 e. The second kappa shape index (κ2) is 2.68. The van der Waals surface area contributed by atoms with Gasteiger partial charge in [0.15, 0.2) is 0 Å². The summed E-state index contributed by atoms with van der Waals surface area (Å²) < 4.78 is 2.08. The summed E-state index contributed by atoms with van der Waals surface area (Å²) in [6.07, 6.45) is 2.92. The quantitative estimate of drug-likeness (QED) is 0.603. The van der Waals surface area contributed by atoms with Crippen LogP contribution < -0.4 is 0 Å². The number of hydrogen-bond donors (Lipinski definition) is 0. The first kappa shape index (κ1) is 8.31. The van der Waals surface area contributed by atoms with Crippen LogP contribution in [0.15, 0.2) is 12.3 Å². The van der Waals surface area contributed by atoms with Crippen LogP contribution in [0.3, 0.4) is 0 Å². The lowest BCUT2D eigenvalue weighted by Gasteiger charge is -2.21. The van der Waals surface area contributed by atoms with E-state index in [4.69, 9.17) is 0 Å². The third-order valence-electron chi connectivity index (χ3n) is 1.72. The molecule has 0 amide bonds. The summed E-state index contributed by atoms with van der Waals surface area (Å²) in [6.45, 7) is 8.65. The molecule has 0 aromatic carbocycles. The van der Waals surface area contributed by atoms with E-state index >= 15 is 0 Å². The van der Waals surface area contributed by atoms with Crippen LogP contribution in [0.1, 0.15) is 33.4 Å². The molecule has 0 aliphatic rings. The molecule has 0 radical (unpaired) electrons. The van der Waals surface area contributed by atoms with E-state index < -0.39 is 0 Å². The average molecular weight is 152 g/mol. The van der Waals surface area contributed by atoms with Gasteiger partial charge in [-0.2, -0.15) is 5.10 Å². The fraction of sp³-hybridized carbons (Fsp3) is 0.667. The minimum Gasteiger partial charge on any atom is -0.264 e. The van der Waals surface area contributed by atoms with Crippen LogP contribution in [-0.2, 0) is 12.0 Å². The van der Waals surface area contributed by atoms with Crippen molar-refractivity contribution in [1.29, 1.82) is 0 Å². The Morgan fingerprint density at radius 3 is 2.45 bits per heavy atom. The van der Waals surface area contributed by atoms with Gasteiger partial charge in [-0.15, -0.1) is 0 Å². The van der Waals surface area contributed by atoms with E-state index in [1.807, 2.05) is 6.20 Å². The first-order valence-electron chi connectivity index (χ1n) is 4.09. The average Bonchev–Trinajstić information content (AvgIpc) is 2.31. The normalized spacial score (nSPS) is 12.0. The monoisotopic (exact) mass is 152 g/mol. The van der Waals surface area contributed by atoms with Crippen LogP contribution in [0.5, 0.6) is 0 Å². The zero-order chi connectivity index (χ0) is 8.48. The summed E-state index contributed by atoms with van der Waals surface area (Å²) >= 11 is 0. The molecule has 0 aliphatic heterocycles. The first-order valence-corrected chi connectivity index (χ1v) is 4.09. The van der Waals surface area contributed by atoms with E-state index in [0.717, 1.165) is 6.42 Å². The molecule has 0 N–H and O–H groups in total. The van der Waals surface area contributed by atoms with Crippen molar-refractivity contribution in [1.82, 2.24) is 9.78 Å². The van der Waals surface area contributed by atoms with Crippen molar-refractivity contribution in [2.24, 2.45) is 0 Å². The van der Waals surface area contributed by atoms with Crippen molar-refractivity contribution in [2.75, 3.05) is 0 Å². The second-order valence-corrected chi connectivity index (χ2v) is 3.76. The molecule has 2 nitrogen and oxygen atoms in total. The Morgan fingerprint density at radius 2 is 2.09 bits per heavy atom. The fourth-order valence-corrected chi connectivity index (χ4v) is 1.20. The van der Waals surface area contributed by atoms with Gasteiger partial charge in [0.05, 0.1) is 5.54 Å². The number of aryl methyl sites for hydroxylation is 1. The van der Waals surface area contributed by atoms with Gasteiger partial charge in [0.1, 0.15) is 0 Å². The molecule has 0 saturated heterocycles. The smallest absolute Gasteiger partial charge is 0.0546 e. The number of nitrogens with zero attached hydrogens (tertiary/aromatic N) is 2. The van der Waals surface area contributed by atoms with Gasteiger partial charge < -0.3 is 0 Å². The van der Waals surface area contributed by atoms with Crippen LogP contribution in [0.25, 0.3) is 0 Å². The van der Waals surface area contributed by atoms with Gasteiger partial charge in [0.25, 0.3) is 0 Å². The van der Waals surface area contributed by atoms with Gasteiger partial charge >= 0.3 is 0 Å². The highest BCUT2D eigenvalue weighted by Gasteiger charge is 2.15. The highest BCUT2D eigenvalue weighted by molar-refractivity contribution is 5.02. The van der Waals surface area contributed by atoms with Crippen molar-refractivity contribution in [3.63, 3.8) is 0 Å². The molecule has 0 bridgehead atoms. The number of rotatable bonds is 1. The van der Waals surface area contributed by atoms with Gasteiger partial charge in [-0.1, -0.05) is 6.92 Å². The minimum absolute atomic E-state index is 0.120. The van der Waals surface area contributed by atoms with Crippen LogP contribution >= 0.6 is 0 Å². The van der Waals surface area contributed by atoms with Gasteiger partial charge in [0, 0.05) is 11.9 Å². The maximum absolute atomic E-state index is 4.27. The van der Waals surface area contributed by atoms with Gasteiger partial charge in [-0.25, -0.2) is 0 Å². The lowest BCUT2D eigenvalue weighted by Crippen LogP contribution is -2.24. The molecule has 0 unspecified atom stereocenters. The summed E-state index contributed by atoms with van der Waals surface area (Å²) in [5, 5.41) is 4.27. The topological polar surface area (TPSA) is 17.8 Å². The highest BCUT2D eigenvalue weighted by Crippen LogP contribution is 2.15. The highest BCUT2D eigenvalue weighted by atomic mass is 15.3. The SMILES string of the molecule is CCc1ccnn1C(C)(C)C. The Balaban J connectivity index is 3.02. The standard InChI is InChI=1S/C9H16N2/c1-5-8-6-7-10-11(8)9(2,3)4/h6-7H,5H2,1-4H3. The Morgan fingerprint density at radius 1 is 1.45 bits per heavy atom. The summed E-state index contributed by atoms with van der Waals surface area (Å²) in [5.41, 5.74) is 1.42. The lowest BCUT2D eigenvalue weighted by atomic mass is 10.1. The summed E-state index contributed by atoms with van der Waals surface area (Å²) in [5.74, 6) is 0. The van der Waals surface area contributed by atoms with Crippen molar-refractivity contribution >= 4 is 0 Å². The Labute approximate surface area is 68.2 Å². The second-order valence-electron chi connectivity index (χ2n) is 3.76. The lowest BCUT2D eigenvalue weighted by molar-refractivity contribution is 0.344. The summed E-state index contributed by atoms with van der Waals surface area (Å²) in [4.78, 5) is 0. The first-order chi connectivity index (χ1) is 5.05. The zero-order valence-corrected chi connectivity index (χ0v) is 7.76. The van der Waals surface area contributed by atoms with Crippen molar-refractivity contribution in [3.8, 4) is 0 Å². The molecule has 1 aromatic rings. The summed E-state index contributed by atoms with van der Waals surface area (Å²) in [6, 6.07) is 2.07. The number of aromatic nitrogens is 2. The van der Waals surface area contributed by atoms with E-state index in [1.165, 1.54) is 5.69 Å². The number of hydrogen-bond acceptors (Lipinski definition) is 1. The predicted molar refractivity (Wildman–Crippen MR) is 46.6 cm³/mol. The van der Waals surface area contributed by atoms with E-state index in [2.05, 4.69) is 43.5 Å². The van der Waals surface area contributed by atoms with E-state index in [-0.39, 0.29) is 5.54 Å². The Hall–Kier alpha value is -0.790. The van der Waals surface area contributed by atoms with E-state index in [0.29, 0.717) is 0 Å². The molecular weight excluding hydrogens is 136 g/mol. The zero-order valence-electron chi connectivity index (χ0n) is 7.76. The molecule has 11 heavy (non-hydrogen) atoms. The minimum atomic E-state index is 0.120. The Kier molecular flexibility index (Phi) is 2.03. The van der Waals surface area contributed by atoms with Crippen molar-refractivity contribution < 1.29 is 0 Å². The molecule has 0 saturated carbocycles. The molecule has 2 heteroatoms. The van der Waals surface area contributed by atoms with Crippen molar-refractivity contribution in [2.45, 2.75) is 39.7 Å². The third-order valence-corrected chi connectivity index (χ3v) is 1.72. The predicted octanol–water partition coefficient (Wildman–Crippen LogP) is 2.20. The van der Waals surface area contributed by atoms with E-state index in [9.17, 15) is 0 Å². The molecule has 0 fully saturated rings. The van der Waals surface area contributed by atoms with Gasteiger partial charge in [-0.05, 0) is 33.3 Å². The van der Waals surface area contributed by atoms with Crippen molar-refractivity contribution in [3.05, 3.63) is 18.0 Å². The fourth-order valence-electron chi connectivity index (χ4n) is 1.20. The molecular formula is C9H16N2. The Bertz CT molecular complexity index is 230. The van der Waals surface area contributed by atoms with Crippen LogP contribution in [0.2, 0.25) is 0 Å². The molecule has 1 aromatic heterocycles. The molecule has 1 rings (SSSR count). The maximum atomic E-state index is 4.27. The third kappa shape index (κ3) is 1.62. The molecule has 0 aliphatic carbocycles. The maximum Gasteiger partial charge on any atom is 0.0546 e. The van der Waals surface area contributed by atoms with Crippen LogP contribution in [0, 0.1) is 0 Å². The molecule has 62 valence electrons. The summed E-state index contributed by atoms with van der Waals surface area (Å²) in [7, 11) is 0. The van der Waals surface area contributed by atoms with E-state index in [1.54, 1.807) is 0 Å². The molecule has 1 heterocycles. The van der Waals surface area contributed by atoms with Gasteiger partial charge in [-0.3, -0.25) is 4.68 Å². The van der Waals surface area contributed by atoms with Gasteiger partial charge in [0.2, 0.25) is 0 Å². The molecule has 0 atom stereocenters. The van der Waals surface area contributed by atoms with Crippen LogP contribution in [0.4, 0.5) is 0 Å². The molecule has 0 spiro atoms. The van der Waals surface area contributed by atoms with Crippen LogP contribution in [-0.4, -0.2) is 9.78 Å².